The van der Waals surface area contributed by atoms with Gasteiger partial charge < -0.3 is 14.2 Å². The topological polar surface area (TPSA) is 92.9 Å². The van der Waals surface area contributed by atoms with Crippen LogP contribution in [0.1, 0.15) is 29.6 Å². The number of methoxy groups -OCH3 is 1. The van der Waals surface area contributed by atoms with Crippen molar-refractivity contribution in [3.05, 3.63) is 18.0 Å². The molecule has 0 aromatic carbocycles. The molecule has 0 unspecified atom stereocenters. The molecule has 0 aliphatic carbocycles. The van der Waals surface area contributed by atoms with Crippen LogP contribution < -0.4 is 0 Å². The zero-order valence-electron chi connectivity index (χ0n) is 14.0. The van der Waals surface area contributed by atoms with Crippen molar-refractivity contribution in [1.29, 1.82) is 0 Å². The summed E-state index contributed by atoms with van der Waals surface area (Å²) in [6.45, 7) is 2.13. The van der Waals surface area contributed by atoms with Gasteiger partial charge in [0.1, 0.15) is 6.26 Å². The highest BCUT2D eigenvalue weighted by Gasteiger charge is 2.48. The van der Waals surface area contributed by atoms with Gasteiger partial charge in [-0.3, -0.25) is 4.79 Å². The number of nitrogens with zero attached hydrogens (tertiary/aromatic N) is 3. The molecule has 3 rings (SSSR count). The number of carbonyl (C=O) groups is 1. The lowest BCUT2D eigenvalue weighted by Gasteiger charge is -2.39. The van der Waals surface area contributed by atoms with Crippen molar-refractivity contribution in [1.82, 2.24) is 14.4 Å². The maximum atomic E-state index is 12.4. The van der Waals surface area contributed by atoms with Crippen molar-refractivity contribution in [2.45, 2.75) is 25.3 Å². The smallest absolute Gasteiger partial charge is 0.258 e. The van der Waals surface area contributed by atoms with Crippen molar-refractivity contribution in [3.63, 3.8) is 0 Å². The van der Waals surface area contributed by atoms with Gasteiger partial charge in [-0.15, -0.1) is 0 Å². The molecule has 2 aliphatic heterocycles. The van der Waals surface area contributed by atoms with Gasteiger partial charge in [0.2, 0.25) is 10.0 Å². The molecule has 1 aromatic heterocycles. The number of likely N-dealkylation sites (tertiary alicyclic amines) is 1. The normalized spacial score (nSPS) is 24.6. The summed E-state index contributed by atoms with van der Waals surface area (Å²) in [5.41, 5.74) is 0.380. The molecular weight excluding hydrogens is 334 g/mol. The van der Waals surface area contributed by atoms with Crippen LogP contribution in [0.4, 0.5) is 0 Å². The van der Waals surface area contributed by atoms with Crippen LogP contribution >= 0.6 is 0 Å². The summed E-state index contributed by atoms with van der Waals surface area (Å²) >= 11 is 0. The number of sulfonamides is 1. The van der Waals surface area contributed by atoms with Crippen molar-refractivity contribution >= 4 is 15.9 Å². The molecule has 0 N–H and O–H groups in total. The van der Waals surface area contributed by atoms with Crippen LogP contribution in [-0.4, -0.2) is 74.3 Å². The van der Waals surface area contributed by atoms with E-state index in [9.17, 15) is 13.2 Å². The number of carbonyl (C=O) groups excluding carboxylic acids is 1. The number of hydrogen-bond donors (Lipinski definition) is 0. The van der Waals surface area contributed by atoms with E-state index in [1.54, 1.807) is 16.3 Å². The van der Waals surface area contributed by atoms with Crippen LogP contribution in [0.15, 0.2) is 17.0 Å². The molecular formula is C15H23N3O5S. The lowest BCUT2D eigenvalue weighted by atomic mass is 9.76. The van der Waals surface area contributed by atoms with E-state index in [4.69, 9.17) is 9.26 Å². The van der Waals surface area contributed by atoms with Gasteiger partial charge in [-0.25, -0.2) is 8.42 Å². The predicted octanol–water partition coefficient (Wildman–Crippen LogP) is 0.577. The molecule has 2 aliphatic rings. The lowest BCUT2D eigenvalue weighted by molar-refractivity contribution is 0.0594. The Morgan fingerprint density at radius 3 is 2.71 bits per heavy atom. The second-order valence-corrected chi connectivity index (χ2v) is 8.76. The summed E-state index contributed by atoms with van der Waals surface area (Å²) in [5.74, 6) is -0.0856. The molecule has 1 spiro atoms. The van der Waals surface area contributed by atoms with Gasteiger partial charge in [0.25, 0.3) is 5.91 Å². The van der Waals surface area contributed by atoms with Crippen LogP contribution in [0.25, 0.3) is 0 Å². The second kappa shape index (κ2) is 6.45. The first-order chi connectivity index (χ1) is 11.3. The number of ether oxygens (including phenoxy) is 1. The van der Waals surface area contributed by atoms with E-state index in [-0.39, 0.29) is 17.4 Å². The minimum absolute atomic E-state index is 0.0717. The van der Waals surface area contributed by atoms with Gasteiger partial charge in [0, 0.05) is 32.8 Å². The van der Waals surface area contributed by atoms with Crippen molar-refractivity contribution in [2.75, 3.05) is 39.6 Å². The monoisotopic (exact) mass is 357 g/mol. The van der Waals surface area contributed by atoms with Gasteiger partial charge in [0.15, 0.2) is 0 Å². The number of piperidine rings is 1. The standard InChI is InChI=1S/C15H23N3O5S/c1-22-10-13-7-15(11-18(13)24(2,20)21)3-5-17(6-4-15)14(19)12-8-16-23-9-12/h8-9,13H,3-7,10-11H2,1-2H3/t13-/m1/s1. The van der Waals surface area contributed by atoms with E-state index in [0.29, 0.717) is 31.8 Å². The van der Waals surface area contributed by atoms with E-state index in [2.05, 4.69) is 5.16 Å². The zero-order valence-corrected chi connectivity index (χ0v) is 14.8. The van der Waals surface area contributed by atoms with Gasteiger partial charge in [0.05, 0.1) is 24.6 Å². The molecule has 2 saturated heterocycles. The zero-order chi connectivity index (χ0) is 17.4. The fourth-order valence-corrected chi connectivity index (χ4v) is 5.07. The molecule has 8 nitrogen and oxygen atoms in total. The van der Waals surface area contributed by atoms with Crippen LogP contribution in [0.5, 0.6) is 0 Å². The van der Waals surface area contributed by atoms with Crippen LogP contribution in [-0.2, 0) is 14.8 Å². The van der Waals surface area contributed by atoms with E-state index >= 15 is 0 Å². The molecule has 0 bridgehead atoms. The Kier molecular flexibility index (Phi) is 4.67. The fraction of sp³-hybridized carbons (Fsp3) is 0.733. The molecule has 3 heterocycles. The molecule has 0 radical (unpaired) electrons. The third-order valence-electron chi connectivity index (χ3n) is 5.14. The number of rotatable bonds is 4. The predicted molar refractivity (Wildman–Crippen MR) is 85.9 cm³/mol. The Bertz CT molecular complexity index is 680. The van der Waals surface area contributed by atoms with Crippen molar-refractivity contribution < 1.29 is 22.5 Å². The number of amides is 1. The number of hydrogen-bond acceptors (Lipinski definition) is 6. The summed E-state index contributed by atoms with van der Waals surface area (Å²) in [6, 6.07) is -0.120. The molecule has 134 valence electrons. The Labute approximate surface area is 141 Å². The van der Waals surface area contributed by atoms with Crippen LogP contribution in [0.3, 0.4) is 0 Å². The molecule has 2 fully saturated rings. The Hall–Kier alpha value is -1.45. The minimum Gasteiger partial charge on any atom is -0.383 e. The average Bonchev–Trinajstić information content (AvgIpc) is 3.16. The summed E-state index contributed by atoms with van der Waals surface area (Å²) in [5, 5.41) is 3.57. The van der Waals surface area contributed by atoms with E-state index in [1.165, 1.54) is 18.7 Å². The summed E-state index contributed by atoms with van der Waals surface area (Å²) in [6.07, 6.45) is 6.37. The lowest BCUT2D eigenvalue weighted by Crippen LogP contribution is -2.44. The van der Waals surface area contributed by atoms with E-state index in [0.717, 1.165) is 19.3 Å². The van der Waals surface area contributed by atoms with Gasteiger partial charge in [-0.1, -0.05) is 5.16 Å². The van der Waals surface area contributed by atoms with Crippen molar-refractivity contribution in [3.8, 4) is 0 Å². The fourth-order valence-electron chi connectivity index (χ4n) is 3.89. The third kappa shape index (κ3) is 3.33. The van der Waals surface area contributed by atoms with Crippen LogP contribution in [0.2, 0.25) is 0 Å². The first kappa shape index (κ1) is 17.4. The summed E-state index contributed by atoms with van der Waals surface area (Å²) in [7, 11) is -1.67. The first-order valence-electron chi connectivity index (χ1n) is 7.99. The van der Waals surface area contributed by atoms with E-state index < -0.39 is 10.0 Å². The first-order valence-corrected chi connectivity index (χ1v) is 9.84. The highest BCUT2D eigenvalue weighted by molar-refractivity contribution is 7.88. The highest BCUT2D eigenvalue weighted by Crippen LogP contribution is 2.44. The van der Waals surface area contributed by atoms with Crippen molar-refractivity contribution in [2.24, 2.45) is 5.41 Å². The second-order valence-electron chi connectivity index (χ2n) is 6.83. The third-order valence-corrected chi connectivity index (χ3v) is 6.42. The maximum absolute atomic E-state index is 12.4. The van der Waals surface area contributed by atoms with E-state index in [1.807, 2.05) is 0 Å². The average molecular weight is 357 g/mol. The van der Waals surface area contributed by atoms with Crippen LogP contribution in [0, 0.1) is 5.41 Å². The molecule has 0 saturated carbocycles. The largest absolute Gasteiger partial charge is 0.383 e. The SMILES string of the molecule is COC[C@H]1CC2(CCN(C(=O)c3cnoc3)CC2)CN1S(C)(=O)=O. The summed E-state index contributed by atoms with van der Waals surface area (Å²) < 4.78 is 35.6. The Morgan fingerprint density at radius 2 is 2.17 bits per heavy atom. The molecule has 1 atom stereocenters. The van der Waals surface area contributed by atoms with Gasteiger partial charge >= 0.3 is 0 Å². The van der Waals surface area contributed by atoms with Gasteiger partial charge in [-0.05, 0) is 24.7 Å². The summed E-state index contributed by atoms with van der Waals surface area (Å²) in [4.78, 5) is 14.1. The highest BCUT2D eigenvalue weighted by atomic mass is 32.2. The molecule has 9 heteroatoms. The molecule has 24 heavy (non-hydrogen) atoms. The molecule has 1 amide bonds. The van der Waals surface area contributed by atoms with Gasteiger partial charge in [-0.2, -0.15) is 4.31 Å². The minimum atomic E-state index is -3.26. The maximum Gasteiger partial charge on any atom is 0.258 e. The quantitative estimate of drug-likeness (QED) is 0.782. The molecule has 1 aromatic rings. The Morgan fingerprint density at radius 1 is 1.46 bits per heavy atom. The Balaban J connectivity index is 1.68. The number of aromatic nitrogens is 1.